The lowest BCUT2D eigenvalue weighted by atomic mass is 10.3. The van der Waals surface area contributed by atoms with Crippen LogP contribution in [-0.2, 0) is 16.2 Å². The molecule has 2 aromatic heterocycles. The maximum atomic E-state index is 12.7. The third kappa shape index (κ3) is 4.30. The lowest BCUT2D eigenvalue weighted by Crippen LogP contribution is -2.13. The van der Waals surface area contributed by atoms with E-state index >= 15 is 0 Å². The van der Waals surface area contributed by atoms with Crippen LogP contribution in [0.1, 0.15) is 17.5 Å². The second-order valence-electron chi connectivity index (χ2n) is 5.76. The summed E-state index contributed by atoms with van der Waals surface area (Å²) in [6.07, 6.45) is -4.55. The molecule has 3 rings (SSSR count). The minimum Gasteiger partial charge on any atom is -0.494 e. The van der Waals surface area contributed by atoms with Gasteiger partial charge in [-0.1, -0.05) is 0 Å². The Kier molecular flexibility index (Phi) is 5.39. The van der Waals surface area contributed by atoms with Gasteiger partial charge in [0.2, 0.25) is 0 Å². The summed E-state index contributed by atoms with van der Waals surface area (Å²) in [5.74, 6) is 0.610. The summed E-state index contributed by atoms with van der Waals surface area (Å²) >= 11 is 1.05. The number of aromatic amines is 1. The van der Waals surface area contributed by atoms with Crippen LogP contribution in [0.15, 0.2) is 41.3 Å². The predicted molar refractivity (Wildman–Crippen MR) is 100 cm³/mol. The second-order valence-corrected chi connectivity index (χ2v) is 8.67. The molecule has 2 heterocycles. The molecule has 0 atom stereocenters. The van der Waals surface area contributed by atoms with Gasteiger partial charge >= 0.3 is 6.18 Å². The van der Waals surface area contributed by atoms with Crippen molar-refractivity contribution in [2.24, 2.45) is 0 Å². The summed E-state index contributed by atoms with van der Waals surface area (Å²) in [5.41, 5.74) is -0.622. The van der Waals surface area contributed by atoms with Gasteiger partial charge in [0, 0.05) is 10.6 Å². The SMILES string of the molecule is CCOc1ccc(NS(=O)(=O)c2cc(-c3cc(C(F)(F)F)[nH]n3)sc2C)cc1. The third-order valence-electron chi connectivity index (χ3n) is 3.71. The van der Waals surface area contributed by atoms with Crippen molar-refractivity contribution in [2.75, 3.05) is 11.3 Å². The Morgan fingerprint density at radius 3 is 2.46 bits per heavy atom. The second kappa shape index (κ2) is 7.47. The number of alkyl halides is 3. The van der Waals surface area contributed by atoms with Gasteiger partial charge in [0.05, 0.1) is 11.5 Å². The van der Waals surface area contributed by atoms with Crippen LogP contribution in [-0.4, -0.2) is 25.2 Å². The zero-order chi connectivity index (χ0) is 20.5. The predicted octanol–water partition coefficient (Wildman–Crippen LogP) is 4.66. The average Bonchev–Trinajstić information content (AvgIpc) is 3.23. The van der Waals surface area contributed by atoms with E-state index in [1.165, 1.54) is 6.07 Å². The number of benzene rings is 1. The van der Waals surface area contributed by atoms with Crippen molar-refractivity contribution in [3.8, 4) is 16.3 Å². The number of halogens is 3. The van der Waals surface area contributed by atoms with E-state index in [2.05, 4.69) is 9.82 Å². The summed E-state index contributed by atoms with van der Waals surface area (Å²) in [7, 11) is -3.92. The van der Waals surface area contributed by atoms with Crippen molar-refractivity contribution in [3.63, 3.8) is 0 Å². The molecule has 11 heteroatoms. The van der Waals surface area contributed by atoms with Crippen molar-refractivity contribution >= 4 is 27.0 Å². The molecule has 2 N–H and O–H groups in total. The van der Waals surface area contributed by atoms with Crippen LogP contribution in [0.2, 0.25) is 0 Å². The minimum atomic E-state index is -4.55. The van der Waals surface area contributed by atoms with Gasteiger partial charge in [0.25, 0.3) is 10.0 Å². The normalized spacial score (nSPS) is 12.2. The van der Waals surface area contributed by atoms with Crippen LogP contribution in [0, 0.1) is 6.92 Å². The molecule has 0 aliphatic heterocycles. The Balaban J connectivity index is 1.86. The summed E-state index contributed by atoms with van der Waals surface area (Å²) < 4.78 is 71.3. The minimum absolute atomic E-state index is 0.0158. The smallest absolute Gasteiger partial charge is 0.432 e. The van der Waals surface area contributed by atoms with E-state index in [0.717, 1.165) is 17.4 Å². The Labute approximate surface area is 163 Å². The van der Waals surface area contributed by atoms with Crippen LogP contribution in [0.5, 0.6) is 5.75 Å². The largest absolute Gasteiger partial charge is 0.494 e. The van der Waals surface area contributed by atoms with Gasteiger partial charge in [-0.25, -0.2) is 8.42 Å². The van der Waals surface area contributed by atoms with Crippen LogP contribution in [0.4, 0.5) is 18.9 Å². The van der Waals surface area contributed by atoms with E-state index in [-0.39, 0.29) is 10.6 Å². The summed E-state index contributed by atoms with van der Waals surface area (Å²) in [4.78, 5) is 0.735. The number of nitrogens with one attached hydrogen (secondary N) is 2. The lowest BCUT2D eigenvalue weighted by molar-refractivity contribution is -0.141. The van der Waals surface area contributed by atoms with E-state index in [4.69, 9.17) is 4.74 Å². The zero-order valence-corrected chi connectivity index (χ0v) is 16.4. The van der Waals surface area contributed by atoms with Crippen molar-refractivity contribution in [2.45, 2.75) is 24.9 Å². The highest BCUT2D eigenvalue weighted by atomic mass is 32.2. The van der Waals surface area contributed by atoms with E-state index in [1.807, 2.05) is 12.0 Å². The molecule has 0 saturated heterocycles. The van der Waals surface area contributed by atoms with Crippen LogP contribution in [0.25, 0.3) is 10.6 Å². The van der Waals surface area contributed by atoms with Gasteiger partial charge in [-0.05, 0) is 50.2 Å². The molecule has 6 nitrogen and oxygen atoms in total. The Hall–Kier alpha value is -2.53. The van der Waals surface area contributed by atoms with Gasteiger partial charge in [0.15, 0.2) is 0 Å². The number of H-pyrrole nitrogens is 1. The van der Waals surface area contributed by atoms with Crippen molar-refractivity contribution < 1.29 is 26.3 Å². The molecule has 0 aliphatic carbocycles. The van der Waals surface area contributed by atoms with E-state index in [9.17, 15) is 21.6 Å². The first-order valence-corrected chi connectivity index (χ1v) is 10.4. The number of ether oxygens (including phenoxy) is 1. The molecule has 1 aromatic carbocycles. The summed E-state index contributed by atoms with van der Waals surface area (Å²) in [6, 6.07) is 8.56. The summed E-state index contributed by atoms with van der Waals surface area (Å²) in [6.45, 7) is 3.91. The monoisotopic (exact) mass is 431 g/mol. The number of aromatic nitrogens is 2. The molecular formula is C17H16F3N3O3S2. The topological polar surface area (TPSA) is 84.1 Å². The zero-order valence-electron chi connectivity index (χ0n) is 14.8. The lowest BCUT2D eigenvalue weighted by Gasteiger charge is -2.08. The first-order valence-electron chi connectivity index (χ1n) is 8.09. The number of rotatable bonds is 6. The van der Waals surface area contributed by atoms with Gasteiger partial charge in [-0.15, -0.1) is 11.3 Å². The number of anilines is 1. The van der Waals surface area contributed by atoms with Crippen molar-refractivity contribution in [1.82, 2.24) is 10.2 Å². The number of nitrogens with zero attached hydrogens (tertiary/aromatic N) is 1. The van der Waals surface area contributed by atoms with Gasteiger partial charge in [0.1, 0.15) is 22.0 Å². The highest BCUT2D eigenvalue weighted by Crippen LogP contribution is 2.36. The Morgan fingerprint density at radius 2 is 1.89 bits per heavy atom. The number of thiophene rings is 1. The van der Waals surface area contributed by atoms with Gasteiger partial charge in [-0.2, -0.15) is 18.3 Å². The maximum absolute atomic E-state index is 12.7. The fourth-order valence-corrected chi connectivity index (χ4v) is 5.06. The quantitative estimate of drug-likeness (QED) is 0.594. The van der Waals surface area contributed by atoms with Crippen LogP contribution < -0.4 is 9.46 Å². The standard InChI is InChI=1S/C17H16F3N3O3S2/c1-3-26-12-6-4-11(5-7-12)23-28(24,25)15-9-14(27-10(15)2)13-8-16(22-21-13)17(18,19)20/h4-9,23H,3H2,1-2H3,(H,21,22). The first kappa shape index (κ1) is 20.2. The van der Waals surface area contributed by atoms with E-state index in [0.29, 0.717) is 27.8 Å². The molecule has 0 spiro atoms. The molecule has 0 saturated carbocycles. The van der Waals surface area contributed by atoms with Crippen LogP contribution >= 0.6 is 11.3 Å². The molecule has 0 unspecified atom stereocenters. The fourth-order valence-electron chi connectivity index (χ4n) is 2.45. The van der Waals surface area contributed by atoms with E-state index in [1.54, 1.807) is 31.2 Å². The van der Waals surface area contributed by atoms with Gasteiger partial charge < -0.3 is 4.74 Å². The Bertz CT molecular complexity index is 1070. The number of sulfonamides is 1. The van der Waals surface area contributed by atoms with Gasteiger partial charge in [-0.3, -0.25) is 9.82 Å². The van der Waals surface area contributed by atoms with Crippen molar-refractivity contribution in [3.05, 3.63) is 47.0 Å². The van der Waals surface area contributed by atoms with Crippen molar-refractivity contribution in [1.29, 1.82) is 0 Å². The molecule has 3 aromatic rings. The molecule has 28 heavy (non-hydrogen) atoms. The number of aryl methyl sites for hydroxylation is 1. The Morgan fingerprint density at radius 1 is 1.21 bits per heavy atom. The molecule has 150 valence electrons. The van der Waals surface area contributed by atoms with Crippen LogP contribution in [0.3, 0.4) is 0 Å². The highest BCUT2D eigenvalue weighted by molar-refractivity contribution is 7.93. The van der Waals surface area contributed by atoms with E-state index < -0.39 is 21.9 Å². The fraction of sp³-hybridized carbons (Fsp3) is 0.235. The third-order valence-corrected chi connectivity index (χ3v) is 6.42. The number of hydrogen-bond donors (Lipinski definition) is 2. The first-order chi connectivity index (χ1) is 13.1. The molecule has 0 bridgehead atoms. The highest BCUT2D eigenvalue weighted by Gasteiger charge is 2.33. The molecule has 0 amide bonds. The molecule has 0 aliphatic rings. The molecule has 0 radical (unpaired) electrons. The molecular weight excluding hydrogens is 415 g/mol. The number of hydrogen-bond acceptors (Lipinski definition) is 5. The maximum Gasteiger partial charge on any atom is 0.432 e. The summed E-state index contributed by atoms with van der Waals surface area (Å²) in [5, 5.41) is 5.56. The average molecular weight is 431 g/mol. The molecule has 0 fully saturated rings.